The molecule has 5 nitrogen and oxygen atoms in total. The van der Waals surface area contributed by atoms with E-state index in [1.54, 1.807) is 0 Å². The van der Waals surface area contributed by atoms with Crippen LogP contribution in [0.5, 0.6) is 0 Å². The van der Waals surface area contributed by atoms with Gasteiger partial charge in [-0.1, -0.05) is 6.08 Å². The number of fused-ring (bicyclic) bond motifs is 1. The summed E-state index contributed by atoms with van der Waals surface area (Å²) in [7, 11) is -4.55. The smallest absolute Gasteiger partial charge is 0.744 e. The molecule has 0 radical (unpaired) electrons. The molecule has 0 bridgehead atoms. The summed E-state index contributed by atoms with van der Waals surface area (Å²) in [5.74, 6) is -1.36. The van der Waals surface area contributed by atoms with Crippen molar-refractivity contribution in [3.05, 3.63) is 35.4 Å². The van der Waals surface area contributed by atoms with Gasteiger partial charge in [-0.05, 0) is 29.8 Å². The molecule has 0 heterocycles. The molecular formula is C10H5NaO5S. The first-order valence-electron chi connectivity index (χ1n) is 4.26. The van der Waals surface area contributed by atoms with Crippen LogP contribution in [-0.4, -0.2) is 24.5 Å². The Bertz CT molecular complexity index is 630. The molecule has 1 aromatic carbocycles. The second-order valence-electron chi connectivity index (χ2n) is 3.23. The molecular weight excluding hydrogens is 255 g/mol. The van der Waals surface area contributed by atoms with Crippen LogP contribution in [0.4, 0.5) is 0 Å². The molecule has 2 rings (SSSR count). The van der Waals surface area contributed by atoms with Crippen LogP contribution < -0.4 is 29.6 Å². The molecule has 0 aromatic heterocycles. The molecule has 0 aliphatic heterocycles. The number of Topliss-reactive ketones (excluding diaryl/α,β-unsaturated/α-hetero) is 1. The maximum atomic E-state index is 11.3. The van der Waals surface area contributed by atoms with Gasteiger partial charge in [0.05, 0.1) is 4.90 Å². The number of hydrogen-bond donors (Lipinski definition) is 0. The van der Waals surface area contributed by atoms with E-state index in [9.17, 15) is 22.6 Å². The van der Waals surface area contributed by atoms with Crippen molar-refractivity contribution in [2.45, 2.75) is 4.90 Å². The number of ketones is 2. The number of hydrogen-bond acceptors (Lipinski definition) is 5. The Morgan fingerprint density at radius 1 is 1.06 bits per heavy atom. The summed E-state index contributed by atoms with van der Waals surface area (Å²) in [6.07, 6.45) is 2.36. The van der Waals surface area contributed by atoms with Crippen LogP contribution in [0.2, 0.25) is 0 Å². The Hall–Kier alpha value is -0.790. The van der Waals surface area contributed by atoms with E-state index in [1.165, 1.54) is 12.1 Å². The standard InChI is InChI=1S/C10H6O5S.Na/c11-9-4-1-6-5-7(16(13,14)15)2-3-8(6)10(9)12;/h1-5H,(H,13,14,15);/q;+1/p-1. The molecule has 1 aliphatic rings. The minimum absolute atomic E-state index is 0. The number of allylic oxidation sites excluding steroid dienone is 1. The molecule has 0 atom stereocenters. The van der Waals surface area contributed by atoms with Crippen molar-refractivity contribution >= 4 is 27.8 Å². The third kappa shape index (κ3) is 2.72. The monoisotopic (exact) mass is 260 g/mol. The summed E-state index contributed by atoms with van der Waals surface area (Å²) in [6, 6.07) is 3.27. The van der Waals surface area contributed by atoms with Gasteiger partial charge in [-0.15, -0.1) is 0 Å². The van der Waals surface area contributed by atoms with Crippen LogP contribution in [-0.2, 0) is 14.9 Å². The maximum Gasteiger partial charge on any atom is 1.00 e. The molecule has 0 unspecified atom stereocenters. The van der Waals surface area contributed by atoms with E-state index in [0.29, 0.717) is 0 Å². The van der Waals surface area contributed by atoms with Crippen molar-refractivity contribution in [3.8, 4) is 0 Å². The first-order valence-corrected chi connectivity index (χ1v) is 5.67. The summed E-state index contributed by atoms with van der Waals surface area (Å²) < 4.78 is 32.2. The molecule has 82 valence electrons. The third-order valence-electron chi connectivity index (χ3n) is 2.19. The number of carbonyl (C=O) groups is 2. The molecule has 0 amide bonds. The summed E-state index contributed by atoms with van der Waals surface area (Å²) in [6.45, 7) is 0. The Labute approximate surface area is 120 Å². The average Bonchev–Trinajstić information content (AvgIpc) is 2.22. The van der Waals surface area contributed by atoms with Gasteiger partial charge in [0.2, 0.25) is 11.6 Å². The fourth-order valence-corrected chi connectivity index (χ4v) is 1.92. The van der Waals surface area contributed by atoms with Gasteiger partial charge in [-0.25, -0.2) is 8.42 Å². The van der Waals surface area contributed by atoms with Crippen LogP contribution in [0.25, 0.3) is 6.08 Å². The molecule has 1 aromatic rings. The first-order chi connectivity index (χ1) is 7.39. The van der Waals surface area contributed by atoms with Gasteiger partial charge < -0.3 is 4.55 Å². The van der Waals surface area contributed by atoms with E-state index >= 15 is 0 Å². The topological polar surface area (TPSA) is 91.3 Å². The van der Waals surface area contributed by atoms with Crippen LogP contribution in [0.1, 0.15) is 15.9 Å². The molecule has 0 saturated carbocycles. The molecule has 7 heteroatoms. The second kappa shape index (κ2) is 4.83. The van der Waals surface area contributed by atoms with Crippen molar-refractivity contribution in [2.24, 2.45) is 0 Å². The predicted molar refractivity (Wildman–Crippen MR) is 52.8 cm³/mol. The Balaban J connectivity index is 0.00000144. The fourth-order valence-electron chi connectivity index (χ4n) is 1.41. The second-order valence-corrected chi connectivity index (χ2v) is 4.61. The van der Waals surface area contributed by atoms with Gasteiger partial charge in [0.15, 0.2) is 0 Å². The van der Waals surface area contributed by atoms with Gasteiger partial charge in [0.25, 0.3) is 0 Å². The largest absolute Gasteiger partial charge is 1.00 e. The van der Waals surface area contributed by atoms with Crippen molar-refractivity contribution < 1.29 is 52.1 Å². The number of carbonyl (C=O) groups excluding carboxylic acids is 2. The van der Waals surface area contributed by atoms with Gasteiger partial charge in [0, 0.05) is 5.56 Å². The van der Waals surface area contributed by atoms with E-state index in [-0.39, 0.29) is 40.7 Å². The zero-order valence-electron chi connectivity index (χ0n) is 8.84. The van der Waals surface area contributed by atoms with Crippen LogP contribution in [0.3, 0.4) is 0 Å². The van der Waals surface area contributed by atoms with Crippen LogP contribution in [0.15, 0.2) is 29.2 Å². The molecule has 0 saturated heterocycles. The van der Waals surface area contributed by atoms with E-state index in [0.717, 1.165) is 18.2 Å². The minimum atomic E-state index is -4.55. The van der Waals surface area contributed by atoms with Gasteiger partial charge in [-0.2, -0.15) is 0 Å². The van der Waals surface area contributed by atoms with E-state index in [4.69, 9.17) is 0 Å². The fraction of sp³-hybridized carbons (Fsp3) is 0. The Morgan fingerprint density at radius 3 is 2.29 bits per heavy atom. The molecule has 17 heavy (non-hydrogen) atoms. The van der Waals surface area contributed by atoms with Crippen molar-refractivity contribution in [3.63, 3.8) is 0 Å². The minimum Gasteiger partial charge on any atom is -0.744 e. The first kappa shape index (κ1) is 14.3. The van der Waals surface area contributed by atoms with E-state index < -0.39 is 26.6 Å². The molecule has 1 aliphatic carbocycles. The van der Waals surface area contributed by atoms with Crippen LogP contribution >= 0.6 is 0 Å². The molecule has 0 N–H and O–H groups in total. The van der Waals surface area contributed by atoms with Crippen molar-refractivity contribution in [1.82, 2.24) is 0 Å². The van der Waals surface area contributed by atoms with Gasteiger partial charge in [0.1, 0.15) is 10.1 Å². The van der Waals surface area contributed by atoms with Crippen molar-refractivity contribution in [1.29, 1.82) is 0 Å². The van der Waals surface area contributed by atoms with Gasteiger partial charge in [-0.3, -0.25) is 9.59 Å². The Kier molecular flexibility index (Phi) is 4.06. The zero-order valence-corrected chi connectivity index (χ0v) is 11.7. The SMILES string of the molecule is O=C1C=Cc2cc(S(=O)(=O)[O-])ccc2C1=O.[Na+]. The van der Waals surface area contributed by atoms with E-state index in [1.807, 2.05) is 0 Å². The third-order valence-corrected chi connectivity index (χ3v) is 3.03. The summed E-state index contributed by atoms with van der Waals surface area (Å²) in [5.41, 5.74) is 0.376. The van der Waals surface area contributed by atoms with Crippen LogP contribution in [0, 0.1) is 0 Å². The zero-order chi connectivity index (χ0) is 11.9. The number of rotatable bonds is 1. The summed E-state index contributed by atoms with van der Waals surface area (Å²) >= 11 is 0. The van der Waals surface area contributed by atoms with Crippen molar-refractivity contribution in [2.75, 3.05) is 0 Å². The maximum absolute atomic E-state index is 11.3. The summed E-state index contributed by atoms with van der Waals surface area (Å²) in [4.78, 5) is 22.0. The number of benzene rings is 1. The average molecular weight is 260 g/mol. The normalized spacial score (nSPS) is 14.2. The van der Waals surface area contributed by atoms with E-state index in [2.05, 4.69) is 0 Å². The van der Waals surface area contributed by atoms with Gasteiger partial charge >= 0.3 is 29.6 Å². The summed E-state index contributed by atoms with van der Waals surface area (Å²) in [5, 5.41) is 0. The molecule has 0 fully saturated rings. The quantitative estimate of drug-likeness (QED) is 0.313. The Morgan fingerprint density at radius 2 is 1.71 bits per heavy atom. The predicted octanol–water partition coefficient (Wildman–Crippen LogP) is -2.63. The molecule has 0 spiro atoms.